The summed E-state index contributed by atoms with van der Waals surface area (Å²) in [6.45, 7) is 10.6. The summed E-state index contributed by atoms with van der Waals surface area (Å²) in [5.74, 6) is 0.768. The second-order valence-corrected chi connectivity index (χ2v) is 5.28. The van der Waals surface area contributed by atoms with E-state index in [0.29, 0.717) is 24.0 Å². The van der Waals surface area contributed by atoms with Gasteiger partial charge >= 0.3 is 5.69 Å². The number of hydrogen-bond donors (Lipinski definition) is 0. The predicted molar refractivity (Wildman–Crippen MR) is 113 cm³/mol. The third kappa shape index (κ3) is 4.88. The summed E-state index contributed by atoms with van der Waals surface area (Å²) in [5, 5.41) is 0.558. The Morgan fingerprint density at radius 2 is 1.44 bits per heavy atom. The Labute approximate surface area is 160 Å². The molecule has 0 aliphatic heterocycles. The fourth-order valence-electron chi connectivity index (χ4n) is 2.72. The van der Waals surface area contributed by atoms with Crippen LogP contribution in [0.5, 0.6) is 5.75 Å². The minimum Gasteiger partial charge on any atom is -0.497 e. The topological polar surface area (TPSA) is 53.2 Å². The maximum atomic E-state index is 12.7. The fraction of sp³-hybridized carbons (Fsp3) is 0.364. The molecule has 5 nitrogen and oxygen atoms in total. The number of aromatic nitrogens is 2. The molecule has 0 saturated heterocycles. The Morgan fingerprint density at radius 3 is 2.00 bits per heavy atom. The third-order valence-electron chi connectivity index (χ3n) is 3.95. The van der Waals surface area contributed by atoms with Crippen LogP contribution in [0.3, 0.4) is 0 Å². The fourth-order valence-corrected chi connectivity index (χ4v) is 2.72. The molecule has 0 saturated carbocycles. The first kappa shape index (κ1) is 22.2. The molecule has 1 heterocycles. The van der Waals surface area contributed by atoms with Crippen molar-refractivity contribution in [1.82, 2.24) is 9.13 Å². The molecule has 0 fully saturated rings. The summed E-state index contributed by atoms with van der Waals surface area (Å²) >= 11 is 0. The van der Waals surface area contributed by atoms with Crippen molar-refractivity contribution in [2.45, 2.75) is 47.7 Å². The summed E-state index contributed by atoms with van der Waals surface area (Å²) in [7, 11) is 1.62. The molecular formula is C22H30N2O3. The molecule has 0 radical (unpaired) electrons. The first-order valence-corrected chi connectivity index (χ1v) is 9.51. The van der Waals surface area contributed by atoms with Crippen molar-refractivity contribution in [3.8, 4) is 5.75 Å². The van der Waals surface area contributed by atoms with Crippen LogP contribution in [-0.2, 0) is 13.1 Å². The quantitative estimate of drug-likeness (QED) is 0.688. The molecule has 0 spiro atoms. The van der Waals surface area contributed by atoms with Gasteiger partial charge in [0.1, 0.15) is 5.75 Å². The van der Waals surface area contributed by atoms with E-state index >= 15 is 0 Å². The monoisotopic (exact) mass is 370 g/mol. The van der Waals surface area contributed by atoms with Gasteiger partial charge in [0.15, 0.2) is 0 Å². The number of nitrogens with zero attached hydrogens (tertiary/aromatic N) is 2. The maximum absolute atomic E-state index is 12.7. The number of fused-ring (bicyclic) bond motifs is 1. The van der Waals surface area contributed by atoms with E-state index in [0.717, 1.165) is 11.3 Å². The summed E-state index contributed by atoms with van der Waals surface area (Å²) in [6.07, 6.45) is 0. The van der Waals surface area contributed by atoms with E-state index in [2.05, 4.69) is 0 Å². The molecule has 0 bridgehead atoms. The zero-order valence-corrected chi connectivity index (χ0v) is 17.2. The van der Waals surface area contributed by atoms with Crippen LogP contribution in [0, 0.1) is 0 Å². The van der Waals surface area contributed by atoms with Crippen molar-refractivity contribution in [2.75, 3.05) is 7.11 Å². The normalized spacial score (nSPS) is 9.70. The van der Waals surface area contributed by atoms with Crippen LogP contribution in [0.4, 0.5) is 0 Å². The van der Waals surface area contributed by atoms with Crippen LogP contribution in [0.15, 0.2) is 58.1 Å². The molecule has 0 unspecified atom stereocenters. The molecule has 0 atom stereocenters. The SMILES string of the molecule is CC.CC.CCn1c(=O)c2ccccc2n(Cc2ccc(OC)cc2)c1=O. The zero-order valence-electron chi connectivity index (χ0n) is 17.2. The zero-order chi connectivity index (χ0) is 20.4. The van der Waals surface area contributed by atoms with Crippen molar-refractivity contribution in [1.29, 1.82) is 0 Å². The van der Waals surface area contributed by atoms with Gasteiger partial charge in [0.05, 0.1) is 24.6 Å². The Morgan fingerprint density at radius 1 is 0.852 bits per heavy atom. The van der Waals surface area contributed by atoms with Crippen LogP contribution in [-0.4, -0.2) is 16.2 Å². The van der Waals surface area contributed by atoms with E-state index in [9.17, 15) is 9.59 Å². The lowest BCUT2D eigenvalue weighted by Gasteiger charge is -2.13. The molecule has 0 aliphatic carbocycles. The molecule has 0 aliphatic rings. The minimum atomic E-state index is -0.285. The lowest BCUT2D eigenvalue weighted by Crippen LogP contribution is -2.39. The van der Waals surface area contributed by atoms with Gasteiger partial charge in [-0.2, -0.15) is 0 Å². The number of methoxy groups -OCH3 is 1. The largest absolute Gasteiger partial charge is 0.497 e. The van der Waals surface area contributed by atoms with Crippen LogP contribution >= 0.6 is 0 Å². The van der Waals surface area contributed by atoms with E-state index in [-0.39, 0.29) is 11.2 Å². The van der Waals surface area contributed by atoms with E-state index in [1.807, 2.05) is 70.2 Å². The van der Waals surface area contributed by atoms with Crippen LogP contribution in [0.25, 0.3) is 10.9 Å². The summed E-state index contributed by atoms with van der Waals surface area (Å²) in [6, 6.07) is 14.8. The molecule has 3 rings (SSSR count). The van der Waals surface area contributed by atoms with Gasteiger partial charge in [-0.05, 0) is 36.8 Å². The lowest BCUT2D eigenvalue weighted by molar-refractivity contribution is 0.414. The second kappa shape index (κ2) is 11.0. The molecule has 2 aromatic carbocycles. The van der Waals surface area contributed by atoms with Crippen molar-refractivity contribution in [3.63, 3.8) is 0 Å². The van der Waals surface area contributed by atoms with Gasteiger partial charge in [0.2, 0.25) is 0 Å². The Bertz CT molecular complexity index is 954. The molecule has 0 amide bonds. The highest BCUT2D eigenvalue weighted by molar-refractivity contribution is 5.77. The Hall–Kier alpha value is -2.82. The average molecular weight is 370 g/mol. The highest BCUT2D eigenvalue weighted by Gasteiger charge is 2.11. The van der Waals surface area contributed by atoms with E-state index in [4.69, 9.17) is 4.74 Å². The smallest absolute Gasteiger partial charge is 0.331 e. The first-order chi connectivity index (χ1) is 13.2. The van der Waals surface area contributed by atoms with E-state index < -0.39 is 0 Å². The summed E-state index contributed by atoms with van der Waals surface area (Å²) in [5.41, 5.74) is 1.11. The van der Waals surface area contributed by atoms with Gasteiger partial charge in [-0.1, -0.05) is 52.0 Å². The Balaban J connectivity index is 0.000000855. The van der Waals surface area contributed by atoms with Crippen molar-refractivity contribution in [2.24, 2.45) is 0 Å². The number of para-hydroxylation sites is 1. The maximum Gasteiger partial charge on any atom is 0.331 e. The van der Waals surface area contributed by atoms with Crippen LogP contribution in [0.2, 0.25) is 0 Å². The number of benzene rings is 2. The highest BCUT2D eigenvalue weighted by Crippen LogP contribution is 2.14. The van der Waals surface area contributed by atoms with Crippen molar-refractivity contribution >= 4 is 10.9 Å². The molecular weight excluding hydrogens is 340 g/mol. The standard InChI is InChI=1S/C18H18N2O3.2C2H6/c1-3-19-17(21)15-6-4-5-7-16(15)20(18(19)22)12-13-8-10-14(23-2)11-9-13;2*1-2/h4-11H,3,12H2,1-2H3;2*1-2H3. The summed E-state index contributed by atoms with van der Waals surface area (Å²) in [4.78, 5) is 25.1. The molecule has 0 N–H and O–H groups in total. The lowest BCUT2D eigenvalue weighted by atomic mass is 10.2. The van der Waals surface area contributed by atoms with E-state index in [1.165, 1.54) is 4.57 Å². The molecule has 146 valence electrons. The van der Waals surface area contributed by atoms with Gasteiger partial charge in [-0.25, -0.2) is 4.79 Å². The van der Waals surface area contributed by atoms with E-state index in [1.54, 1.807) is 24.7 Å². The Kier molecular flexibility index (Phi) is 9.06. The van der Waals surface area contributed by atoms with Gasteiger partial charge in [-0.15, -0.1) is 0 Å². The van der Waals surface area contributed by atoms with Crippen LogP contribution < -0.4 is 16.0 Å². The molecule has 27 heavy (non-hydrogen) atoms. The van der Waals surface area contributed by atoms with Gasteiger partial charge in [0, 0.05) is 6.54 Å². The number of ether oxygens (including phenoxy) is 1. The average Bonchev–Trinajstić information content (AvgIpc) is 2.75. The third-order valence-corrected chi connectivity index (χ3v) is 3.95. The molecule has 3 aromatic rings. The molecule has 1 aromatic heterocycles. The minimum absolute atomic E-state index is 0.237. The van der Waals surface area contributed by atoms with Crippen LogP contribution in [0.1, 0.15) is 40.2 Å². The van der Waals surface area contributed by atoms with Gasteiger partial charge < -0.3 is 4.74 Å². The summed E-state index contributed by atoms with van der Waals surface area (Å²) < 4.78 is 8.06. The molecule has 5 heteroatoms. The van der Waals surface area contributed by atoms with Crippen molar-refractivity contribution < 1.29 is 4.74 Å². The second-order valence-electron chi connectivity index (χ2n) is 5.28. The van der Waals surface area contributed by atoms with Gasteiger partial charge in [-0.3, -0.25) is 13.9 Å². The highest BCUT2D eigenvalue weighted by atomic mass is 16.5. The van der Waals surface area contributed by atoms with Crippen molar-refractivity contribution in [3.05, 3.63) is 74.9 Å². The number of rotatable bonds is 4. The first-order valence-electron chi connectivity index (χ1n) is 9.51. The number of hydrogen-bond acceptors (Lipinski definition) is 3. The predicted octanol–water partition coefficient (Wildman–Crippen LogP) is 4.29. The van der Waals surface area contributed by atoms with Gasteiger partial charge in [0.25, 0.3) is 5.56 Å².